The Morgan fingerprint density at radius 1 is 1.05 bits per heavy atom. The summed E-state index contributed by atoms with van der Waals surface area (Å²) in [6.45, 7) is 1.52. The molecule has 0 saturated heterocycles. The zero-order chi connectivity index (χ0) is 14.7. The Bertz CT molecular complexity index is 725. The van der Waals surface area contributed by atoms with Crippen LogP contribution in [0, 0.1) is 0 Å². The molecule has 22 heavy (non-hydrogen) atoms. The van der Waals surface area contributed by atoms with Gasteiger partial charge in [-0.05, 0) is 41.8 Å². The van der Waals surface area contributed by atoms with Crippen molar-refractivity contribution in [1.82, 2.24) is 5.32 Å². The van der Waals surface area contributed by atoms with Crippen LogP contribution < -0.4 is 17.7 Å². The minimum absolute atomic E-state index is 0. The third-order valence-corrected chi connectivity index (χ3v) is 4.48. The van der Waals surface area contributed by atoms with Crippen LogP contribution in [0.3, 0.4) is 0 Å². The fourth-order valence-corrected chi connectivity index (χ4v) is 3.08. The average molecular weight is 374 g/mol. The molecular formula is C16H13Cl3NOS-. The molecule has 0 bridgehead atoms. The number of thiophene rings is 1. The zero-order valence-electron chi connectivity index (χ0n) is 11.5. The van der Waals surface area contributed by atoms with E-state index in [0.29, 0.717) is 16.6 Å². The van der Waals surface area contributed by atoms with Gasteiger partial charge in [0.2, 0.25) is 0 Å². The molecule has 0 fully saturated rings. The fraction of sp³-hybridized carbons (Fsp3) is 0.125. The minimum atomic E-state index is 0. The standard InChI is InChI=1S/C16H13Cl2NOS.ClH/c17-11-3-5-15(18)14(8-11)16-6-4-12(20-16)9-19-10-13-2-1-7-21-13;/h1-8,19H,9-10H2;1H/p-1. The van der Waals surface area contributed by atoms with E-state index >= 15 is 0 Å². The normalized spacial score (nSPS) is 10.5. The monoisotopic (exact) mass is 372 g/mol. The average Bonchev–Trinajstić information content (AvgIpc) is 3.13. The number of halogens is 3. The van der Waals surface area contributed by atoms with Crippen LogP contribution >= 0.6 is 34.5 Å². The Morgan fingerprint density at radius 3 is 2.68 bits per heavy atom. The number of hydrogen-bond donors (Lipinski definition) is 1. The van der Waals surface area contributed by atoms with Gasteiger partial charge in [-0.15, -0.1) is 11.3 Å². The van der Waals surface area contributed by atoms with Gasteiger partial charge in [0.25, 0.3) is 0 Å². The molecule has 6 heteroatoms. The number of hydrogen-bond acceptors (Lipinski definition) is 3. The largest absolute Gasteiger partial charge is 1.00 e. The molecule has 3 aromatic rings. The van der Waals surface area contributed by atoms with Crippen LogP contribution in [-0.4, -0.2) is 0 Å². The van der Waals surface area contributed by atoms with Gasteiger partial charge in [-0.2, -0.15) is 0 Å². The maximum atomic E-state index is 6.18. The van der Waals surface area contributed by atoms with Gasteiger partial charge in [-0.1, -0.05) is 29.3 Å². The fourth-order valence-electron chi connectivity index (χ4n) is 2.03. The molecule has 0 radical (unpaired) electrons. The Labute approximate surface area is 149 Å². The molecule has 0 aliphatic heterocycles. The number of nitrogens with one attached hydrogen (secondary N) is 1. The lowest BCUT2D eigenvalue weighted by molar-refractivity contribution is -0.00000451. The molecule has 0 unspecified atom stereocenters. The lowest BCUT2D eigenvalue weighted by atomic mass is 10.2. The Kier molecular flexibility index (Phi) is 6.36. The van der Waals surface area contributed by atoms with Crippen molar-refractivity contribution < 1.29 is 16.8 Å². The van der Waals surface area contributed by atoms with Crippen LogP contribution in [0.2, 0.25) is 10.0 Å². The Morgan fingerprint density at radius 2 is 1.91 bits per heavy atom. The molecule has 2 nitrogen and oxygen atoms in total. The molecule has 116 valence electrons. The van der Waals surface area contributed by atoms with Crippen molar-refractivity contribution in [3.05, 3.63) is 68.5 Å². The summed E-state index contributed by atoms with van der Waals surface area (Å²) in [7, 11) is 0. The van der Waals surface area contributed by atoms with Crippen LogP contribution in [0.4, 0.5) is 0 Å². The van der Waals surface area contributed by atoms with Crippen LogP contribution in [0.15, 0.2) is 52.3 Å². The summed E-state index contributed by atoms with van der Waals surface area (Å²) in [6, 6.07) is 13.4. The molecule has 2 aromatic heterocycles. The third-order valence-electron chi connectivity index (χ3n) is 3.03. The van der Waals surface area contributed by atoms with Crippen LogP contribution in [0.1, 0.15) is 10.6 Å². The van der Waals surface area contributed by atoms with Crippen molar-refractivity contribution >= 4 is 34.5 Å². The molecule has 0 amide bonds. The van der Waals surface area contributed by atoms with E-state index < -0.39 is 0 Å². The van der Waals surface area contributed by atoms with E-state index in [4.69, 9.17) is 27.6 Å². The van der Waals surface area contributed by atoms with Gasteiger partial charge in [0.1, 0.15) is 11.5 Å². The smallest absolute Gasteiger partial charge is 0.135 e. The predicted octanol–water partition coefficient (Wildman–Crippen LogP) is 2.61. The molecule has 0 aliphatic carbocycles. The Balaban J connectivity index is 0.00000176. The van der Waals surface area contributed by atoms with Gasteiger partial charge in [0, 0.05) is 22.0 Å². The van der Waals surface area contributed by atoms with Crippen LogP contribution in [0.25, 0.3) is 11.3 Å². The molecule has 0 aliphatic rings. The van der Waals surface area contributed by atoms with E-state index in [9.17, 15) is 0 Å². The van der Waals surface area contributed by atoms with Crippen molar-refractivity contribution in [3.63, 3.8) is 0 Å². The predicted molar refractivity (Wildman–Crippen MR) is 89.0 cm³/mol. The van der Waals surface area contributed by atoms with E-state index in [-0.39, 0.29) is 12.4 Å². The van der Waals surface area contributed by atoms with Gasteiger partial charge in [0.15, 0.2) is 0 Å². The van der Waals surface area contributed by atoms with Gasteiger partial charge in [0.05, 0.1) is 11.6 Å². The summed E-state index contributed by atoms with van der Waals surface area (Å²) in [5.74, 6) is 1.60. The van der Waals surface area contributed by atoms with E-state index in [1.54, 1.807) is 23.5 Å². The number of rotatable bonds is 5. The molecule has 0 saturated carbocycles. The second-order valence-electron chi connectivity index (χ2n) is 4.57. The molecule has 0 atom stereocenters. The van der Waals surface area contributed by atoms with Crippen LogP contribution in [0.5, 0.6) is 0 Å². The minimum Gasteiger partial charge on any atom is -1.00 e. The first-order valence-electron chi connectivity index (χ1n) is 6.49. The molecule has 2 heterocycles. The molecule has 3 rings (SSSR count). The van der Waals surface area contributed by atoms with Crippen LogP contribution in [-0.2, 0) is 13.1 Å². The van der Waals surface area contributed by atoms with Crippen molar-refractivity contribution in [1.29, 1.82) is 0 Å². The second kappa shape index (κ2) is 8.04. The highest BCUT2D eigenvalue weighted by Gasteiger charge is 2.09. The third kappa shape index (κ3) is 4.28. The van der Waals surface area contributed by atoms with Crippen molar-refractivity contribution in [3.8, 4) is 11.3 Å². The first-order chi connectivity index (χ1) is 10.2. The highest BCUT2D eigenvalue weighted by Crippen LogP contribution is 2.31. The molecular weight excluding hydrogens is 361 g/mol. The molecule has 1 N–H and O–H groups in total. The quantitative estimate of drug-likeness (QED) is 0.744. The van der Waals surface area contributed by atoms with E-state index in [0.717, 1.165) is 23.6 Å². The summed E-state index contributed by atoms with van der Waals surface area (Å²) < 4.78 is 5.82. The first kappa shape index (κ1) is 17.4. The summed E-state index contributed by atoms with van der Waals surface area (Å²) in [4.78, 5) is 1.31. The van der Waals surface area contributed by atoms with Gasteiger partial charge in [-0.25, -0.2) is 0 Å². The summed E-state index contributed by atoms with van der Waals surface area (Å²) in [5, 5.41) is 6.70. The highest BCUT2D eigenvalue weighted by molar-refractivity contribution is 7.09. The SMILES string of the molecule is Clc1ccc(Cl)c(-c2ccc(CNCc3cccs3)o2)c1.[Cl-]. The van der Waals surface area contributed by atoms with Crippen molar-refractivity contribution in [2.24, 2.45) is 0 Å². The molecule has 0 spiro atoms. The number of benzene rings is 1. The maximum Gasteiger partial charge on any atom is 0.135 e. The summed E-state index contributed by atoms with van der Waals surface area (Å²) in [6.07, 6.45) is 0. The van der Waals surface area contributed by atoms with Gasteiger partial charge in [-0.3, -0.25) is 0 Å². The second-order valence-corrected chi connectivity index (χ2v) is 6.45. The molecule has 1 aromatic carbocycles. The van der Waals surface area contributed by atoms with E-state index in [1.165, 1.54) is 4.88 Å². The number of furan rings is 1. The zero-order valence-corrected chi connectivity index (χ0v) is 14.6. The summed E-state index contributed by atoms with van der Waals surface area (Å²) >= 11 is 13.9. The lowest BCUT2D eigenvalue weighted by Gasteiger charge is -2.02. The van der Waals surface area contributed by atoms with Gasteiger partial charge >= 0.3 is 0 Å². The van der Waals surface area contributed by atoms with Gasteiger partial charge < -0.3 is 22.1 Å². The highest BCUT2D eigenvalue weighted by atomic mass is 35.5. The van der Waals surface area contributed by atoms with Crippen molar-refractivity contribution in [2.45, 2.75) is 13.1 Å². The topological polar surface area (TPSA) is 25.2 Å². The first-order valence-corrected chi connectivity index (χ1v) is 8.13. The maximum absolute atomic E-state index is 6.18. The summed E-state index contributed by atoms with van der Waals surface area (Å²) in [5.41, 5.74) is 0.814. The Hall–Kier alpha value is -0.970. The van der Waals surface area contributed by atoms with E-state index in [2.05, 4.69) is 16.8 Å². The van der Waals surface area contributed by atoms with E-state index in [1.807, 2.05) is 24.3 Å². The lowest BCUT2D eigenvalue weighted by Crippen LogP contribution is -3.00. The van der Waals surface area contributed by atoms with Crippen molar-refractivity contribution in [2.75, 3.05) is 0 Å².